The van der Waals surface area contributed by atoms with Crippen LogP contribution in [-0.2, 0) is 13.0 Å². The van der Waals surface area contributed by atoms with Crippen LogP contribution in [0.25, 0.3) is 0 Å². The van der Waals surface area contributed by atoms with Crippen molar-refractivity contribution in [2.75, 3.05) is 5.73 Å². The molecule has 2 aromatic rings. The maximum atomic E-state index is 5.84. The molecule has 2 rings (SSSR count). The molecule has 0 unspecified atom stereocenters. The summed E-state index contributed by atoms with van der Waals surface area (Å²) < 4.78 is 1.91. The summed E-state index contributed by atoms with van der Waals surface area (Å²) in [4.78, 5) is 2.70. The molecule has 0 saturated carbocycles. The molecule has 0 radical (unpaired) electrons. The Morgan fingerprint density at radius 1 is 1.35 bits per heavy atom. The smallest absolute Gasteiger partial charge is 0.169 e. The predicted octanol–water partition coefficient (Wildman–Crippen LogP) is 2.66. The molecule has 2 aromatic heterocycles. The van der Waals surface area contributed by atoms with Crippen LogP contribution >= 0.6 is 11.3 Å². The summed E-state index contributed by atoms with van der Waals surface area (Å²) in [5, 5.41) is 8.07. The van der Waals surface area contributed by atoms with Gasteiger partial charge in [-0.25, -0.2) is 4.68 Å². The zero-order valence-electron chi connectivity index (χ0n) is 10.5. The van der Waals surface area contributed by atoms with Crippen molar-refractivity contribution in [2.24, 2.45) is 0 Å². The Bertz CT molecular complexity index is 498. The van der Waals surface area contributed by atoms with Crippen molar-refractivity contribution in [3.8, 4) is 0 Å². The molecular weight excluding hydrogens is 232 g/mol. The van der Waals surface area contributed by atoms with E-state index in [1.807, 2.05) is 16.0 Å². The molecule has 2 N–H and O–H groups in total. The highest BCUT2D eigenvalue weighted by Gasteiger charge is 2.14. The molecule has 0 spiro atoms. The number of anilines is 1. The average Bonchev–Trinajstić information content (AvgIpc) is 2.86. The average molecular weight is 250 g/mol. The van der Waals surface area contributed by atoms with E-state index in [2.05, 4.69) is 43.2 Å². The third kappa shape index (κ3) is 2.49. The number of aryl methyl sites for hydroxylation is 1. The number of nitrogen functional groups attached to an aromatic ring is 1. The molecule has 5 heteroatoms. The van der Waals surface area contributed by atoms with Gasteiger partial charge in [-0.1, -0.05) is 26.0 Å². The monoisotopic (exact) mass is 250 g/mol. The highest BCUT2D eigenvalue weighted by Crippen LogP contribution is 2.23. The van der Waals surface area contributed by atoms with Crippen molar-refractivity contribution in [2.45, 2.75) is 39.7 Å². The van der Waals surface area contributed by atoms with Gasteiger partial charge in [-0.05, 0) is 24.5 Å². The maximum absolute atomic E-state index is 5.84. The van der Waals surface area contributed by atoms with E-state index >= 15 is 0 Å². The first-order chi connectivity index (χ1) is 8.11. The van der Waals surface area contributed by atoms with Gasteiger partial charge in [0, 0.05) is 9.75 Å². The molecule has 0 saturated heterocycles. The third-order valence-corrected chi connectivity index (χ3v) is 3.93. The Labute approximate surface area is 105 Å². The Kier molecular flexibility index (Phi) is 3.47. The molecule has 4 nitrogen and oxygen atoms in total. The zero-order chi connectivity index (χ0) is 12.4. The van der Waals surface area contributed by atoms with Crippen molar-refractivity contribution >= 4 is 17.2 Å². The summed E-state index contributed by atoms with van der Waals surface area (Å²) in [5.74, 6) is 0.892. The Morgan fingerprint density at radius 3 is 2.65 bits per heavy atom. The van der Waals surface area contributed by atoms with E-state index in [9.17, 15) is 0 Å². The van der Waals surface area contributed by atoms with Crippen LogP contribution < -0.4 is 5.73 Å². The number of nitrogens with two attached hydrogens (primary N) is 1. The first kappa shape index (κ1) is 12.1. The third-order valence-electron chi connectivity index (χ3n) is 2.72. The van der Waals surface area contributed by atoms with Gasteiger partial charge in [0.05, 0.1) is 12.2 Å². The minimum atomic E-state index is 0.343. The summed E-state index contributed by atoms with van der Waals surface area (Å²) in [7, 11) is 0. The number of rotatable bonds is 4. The van der Waals surface area contributed by atoms with Gasteiger partial charge in [-0.2, -0.15) is 0 Å². The van der Waals surface area contributed by atoms with Crippen molar-refractivity contribution in [1.29, 1.82) is 0 Å². The van der Waals surface area contributed by atoms with E-state index in [4.69, 9.17) is 5.73 Å². The van der Waals surface area contributed by atoms with Gasteiger partial charge in [0.25, 0.3) is 0 Å². The van der Waals surface area contributed by atoms with Crippen LogP contribution in [0.15, 0.2) is 12.1 Å². The fraction of sp³-hybridized carbons (Fsp3) is 0.500. The molecule has 2 heterocycles. The van der Waals surface area contributed by atoms with Crippen LogP contribution in [0, 0.1) is 0 Å². The SMILES string of the molecule is CCc1ccc(Cn2nnc(N)c2C(C)C)s1. The van der Waals surface area contributed by atoms with Gasteiger partial charge in [0.2, 0.25) is 0 Å². The first-order valence-corrected chi connectivity index (χ1v) is 6.70. The molecule has 17 heavy (non-hydrogen) atoms. The highest BCUT2D eigenvalue weighted by atomic mass is 32.1. The molecule has 0 fully saturated rings. The summed E-state index contributed by atoms with van der Waals surface area (Å²) in [6.07, 6.45) is 1.08. The van der Waals surface area contributed by atoms with Crippen LogP contribution in [0.5, 0.6) is 0 Å². The molecule has 92 valence electrons. The van der Waals surface area contributed by atoms with Gasteiger partial charge in [0.1, 0.15) is 0 Å². The maximum Gasteiger partial charge on any atom is 0.169 e. The van der Waals surface area contributed by atoms with Crippen LogP contribution in [0.3, 0.4) is 0 Å². The molecule has 0 bridgehead atoms. The second kappa shape index (κ2) is 4.87. The van der Waals surface area contributed by atoms with E-state index in [0.717, 1.165) is 18.7 Å². The minimum absolute atomic E-state index is 0.343. The molecular formula is C12H18N4S. The summed E-state index contributed by atoms with van der Waals surface area (Å²) in [5.41, 5.74) is 6.86. The van der Waals surface area contributed by atoms with Crippen LogP contribution in [-0.4, -0.2) is 15.0 Å². The van der Waals surface area contributed by atoms with Crippen molar-refractivity contribution in [3.63, 3.8) is 0 Å². The van der Waals surface area contributed by atoms with E-state index in [-0.39, 0.29) is 0 Å². The minimum Gasteiger partial charge on any atom is -0.381 e. The highest BCUT2D eigenvalue weighted by molar-refractivity contribution is 7.11. The quantitative estimate of drug-likeness (QED) is 0.907. The lowest BCUT2D eigenvalue weighted by Crippen LogP contribution is -2.07. The van der Waals surface area contributed by atoms with E-state index < -0.39 is 0 Å². The topological polar surface area (TPSA) is 56.7 Å². The number of hydrogen-bond acceptors (Lipinski definition) is 4. The lowest BCUT2D eigenvalue weighted by atomic mass is 10.1. The zero-order valence-corrected chi connectivity index (χ0v) is 11.3. The molecule has 0 aromatic carbocycles. The van der Waals surface area contributed by atoms with Gasteiger partial charge in [0.15, 0.2) is 5.82 Å². The van der Waals surface area contributed by atoms with Crippen LogP contribution in [0.2, 0.25) is 0 Å². The molecule has 0 amide bonds. The Balaban J connectivity index is 2.23. The van der Waals surface area contributed by atoms with Crippen molar-refractivity contribution in [1.82, 2.24) is 15.0 Å². The first-order valence-electron chi connectivity index (χ1n) is 5.88. The normalized spacial score (nSPS) is 11.3. The second-order valence-electron chi connectivity index (χ2n) is 4.39. The standard InChI is InChI=1S/C12H18N4S/c1-4-9-5-6-10(17-9)7-16-11(8(2)3)12(13)14-15-16/h5-6,8H,4,7,13H2,1-3H3. The number of nitrogens with zero attached hydrogens (tertiary/aromatic N) is 3. The number of aromatic nitrogens is 3. The fourth-order valence-corrected chi connectivity index (χ4v) is 2.83. The number of hydrogen-bond donors (Lipinski definition) is 1. The lowest BCUT2D eigenvalue weighted by molar-refractivity contribution is 0.603. The summed E-state index contributed by atoms with van der Waals surface area (Å²) in [6.45, 7) is 7.15. The van der Waals surface area contributed by atoms with Gasteiger partial charge in [-0.15, -0.1) is 16.4 Å². The second-order valence-corrected chi connectivity index (χ2v) is 5.65. The summed E-state index contributed by atoms with van der Waals surface area (Å²) in [6, 6.07) is 4.33. The fourth-order valence-electron chi connectivity index (χ4n) is 1.89. The van der Waals surface area contributed by atoms with E-state index in [1.165, 1.54) is 9.75 Å². The molecule has 0 aliphatic carbocycles. The van der Waals surface area contributed by atoms with Gasteiger partial charge < -0.3 is 5.73 Å². The molecule has 0 aliphatic heterocycles. The summed E-state index contributed by atoms with van der Waals surface area (Å²) >= 11 is 1.83. The van der Waals surface area contributed by atoms with E-state index in [1.54, 1.807) is 0 Å². The van der Waals surface area contributed by atoms with Crippen LogP contribution in [0.1, 0.15) is 42.1 Å². The molecule has 0 aliphatic rings. The Hall–Kier alpha value is -1.36. The predicted molar refractivity (Wildman–Crippen MR) is 71.3 cm³/mol. The van der Waals surface area contributed by atoms with Crippen molar-refractivity contribution in [3.05, 3.63) is 27.6 Å². The van der Waals surface area contributed by atoms with Crippen LogP contribution in [0.4, 0.5) is 5.82 Å². The Morgan fingerprint density at radius 2 is 2.06 bits per heavy atom. The van der Waals surface area contributed by atoms with E-state index in [0.29, 0.717) is 11.7 Å². The van der Waals surface area contributed by atoms with Gasteiger partial charge in [-0.3, -0.25) is 0 Å². The largest absolute Gasteiger partial charge is 0.381 e. The van der Waals surface area contributed by atoms with Crippen molar-refractivity contribution < 1.29 is 0 Å². The lowest BCUT2D eigenvalue weighted by Gasteiger charge is -2.08. The van der Waals surface area contributed by atoms with Gasteiger partial charge >= 0.3 is 0 Å². The molecule has 0 atom stereocenters. The number of thiophene rings is 1.